The van der Waals surface area contributed by atoms with Crippen LogP contribution in [0.1, 0.15) is 53.7 Å². The minimum Gasteiger partial charge on any atom is -0.481 e. The molecule has 1 amide bonds. The average molecular weight is 341 g/mol. The summed E-state index contributed by atoms with van der Waals surface area (Å²) in [5.41, 5.74) is 8.72. The van der Waals surface area contributed by atoms with Crippen LogP contribution in [0, 0.1) is 17.8 Å². The largest absolute Gasteiger partial charge is 0.481 e. The number of carboxylic acids is 1. The highest BCUT2D eigenvalue weighted by Crippen LogP contribution is 2.44. The Bertz CT molecular complexity index is 745. The molecule has 0 radical (unpaired) electrons. The molecular formula is C19H23N3O3. The maximum absolute atomic E-state index is 11.8. The molecule has 132 valence electrons. The number of hydrogen-bond acceptors (Lipinski definition) is 4. The Hall–Kier alpha value is -2.37. The first-order chi connectivity index (χ1) is 12.0. The van der Waals surface area contributed by atoms with Crippen molar-refractivity contribution in [3.05, 3.63) is 29.1 Å². The lowest BCUT2D eigenvalue weighted by Crippen LogP contribution is -2.39. The van der Waals surface area contributed by atoms with Gasteiger partial charge in [-0.1, -0.05) is 12.2 Å². The van der Waals surface area contributed by atoms with Gasteiger partial charge in [0.2, 0.25) is 0 Å². The van der Waals surface area contributed by atoms with Crippen LogP contribution in [0.4, 0.5) is 5.69 Å². The molecule has 2 fully saturated rings. The van der Waals surface area contributed by atoms with E-state index < -0.39 is 11.9 Å². The molecular weight excluding hydrogens is 318 g/mol. The number of amides is 1. The van der Waals surface area contributed by atoms with Crippen LogP contribution in [-0.4, -0.2) is 28.0 Å². The topological polar surface area (TPSA) is 105 Å². The van der Waals surface area contributed by atoms with Crippen LogP contribution in [-0.2, 0) is 11.2 Å². The van der Waals surface area contributed by atoms with Gasteiger partial charge in [0.15, 0.2) is 0 Å². The highest BCUT2D eigenvalue weighted by atomic mass is 16.4. The maximum atomic E-state index is 11.8. The molecule has 0 aliphatic heterocycles. The van der Waals surface area contributed by atoms with Gasteiger partial charge in [-0.15, -0.1) is 0 Å². The van der Waals surface area contributed by atoms with Crippen LogP contribution in [0.3, 0.4) is 0 Å². The van der Waals surface area contributed by atoms with E-state index >= 15 is 0 Å². The van der Waals surface area contributed by atoms with Gasteiger partial charge in [-0.2, -0.15) is 0 Å². The first-order valence-corrected chi connectivity index (χ1v) is 8.98. The zero-order valence-corrected chi connectivity index (χ0v) is 14.1. The van der Waals surface area contributed by atoms with Crippen molar-refractivity contribution in [3.63, 3.8) is 0 Å². The van der Waals surface area contributed by atoms with Crippen molar-refractivity contribution in [1.29, 1.82) is 0 Å². The van der Waals surface area contributed by atoms with Crippen LogP contribution in [0.2, 0.25) is 0 Å². The summed E-state index contributed by atoms with van der Waals surface area (Å²) < 4.78 is 0. The van der Waals surface area contributed by atoms with E-state index in [4.69, 9.17) is 5.73 Å². The lowest BCUT2D eigenvalue weighted by molar-refractivity contribution is -0.144. The van der Waals surface area contributed by atoms with E-state index in [1.807, 2.05) is 12.2 Å². The summed E-state index contributed by atoms with van der Waals surface area (Å²) in [6.45, 7) is 0. The van der Waals surface area contributed by atoms with E-state index in [0.717, 1.165) is 55.5 Å². The van der Waals surface area contributed by atoms with Crippen LogP contribution in [0.25, 0.3) is 6.08 Å². The Morgan fingerprint density at radius 2 is 1.88 bits per heavy atom. The molecule has 1 aromatic rings. The molecule has 1 aromatic heterocycles. The second-order valence-corrected chi connectivity index (χ2v) is 7.66. The molecule has 2 bridgehead atoms. The summed E-state index contributed by atoms with van der Waals surface area (Å²) >= 11 is 0. The molecule has 4 atom stereocenters. The molecule has 1 heterocycles. The van der Waals surface area contributed by atoms with Crippen LogP contribution < -0.4 is 11.1 Å². The van der Waals surface area contributed by atoms with E-state index in [-0.39, 0.29) is 12.0 Å². The molecule has 0 saturated heterocycles. The zero-order valence-electron chi connectivity index (χ0n) is 14.1. The maximum Gasteiger partial charge on any atom is 0.306 e. The molecule has 25 heavy (non-hydrogen) atoms. The number of carbonyl (C=O) groups excluding carboxylic acids is 1. The number of aliphatic carboxylic acids is 1. The number of carboxylic acid groups (broad SMARTS) is 1. The quantitative estimate of drug-likeness (QED) is 0.780. The highest BCUT2D eigenvalue weighted by molar-refractivity contribution is 6.00. The Kier molecular flexibility index (Phi) is 3.98. The van der Waals surface area contributed by atoms with E-state index in [1.165, 1.54) is 0 Å². The number of primary amides is 1. The third kappa shape index (κ3) is 3.01. The summed E-state index contributed by atoms with van der Waals surface area (Å²) in [6.07, 6.45) is 10.9. The first-order valence-electron chi connectivity index (χ1n) is 8.98. The number of allylic oxidation sites excluding steroid dienone is 1. The van der Waals surface area contributed by atoms with Gasteiger partial charge in [0.25, 0.3) is 5.91 Å². The minimum atomic E-state index is -0.658. The van der Waals surface area contributed by atoms with E-state index in [2.05, 4.69) is 10.3 Å². The molecule has 6 nitrogen and oxygen atoms in total. The van der Waals surface area contributed by atoms with Crippen molar-refractivity contribution in [2.45, 2.75) is 44.6 Å². The van der Waals surface area contributed by atoms with Crippen molar-refractivity contribution in [1.82, 2.24) is 4.98 Å². The van der Waals surface area contributed by atoms with Crippen molar-refractivity contribution >= 4 is 23.6 Å². The predicted octanol–water partition coefficient (Wildman–Crippen LogP) is 2.44. The minimum absolute atomic E-state index is 0.195. The monoisotopic (exact) mass is 341 g/mol. The van der Waals surface area contributed by atoms with Crippen molar-refractivity contribution in [2.75, 3.05) is 5.32 Å². The van der Waals surface area contributed by atoms with Crippen molar-refractivity contribution in [3.8, 4) is 0 Å². The third-order valence-corrected chi connectivity index (χ3v) is 5.90. The fraction of sp³-hybridized carbons (Fsp3) is 0.526. The fourth-order valence-electron chi connectivity index (χ4n) is 4.91. The SMILES string of the molecule is NC(=O)c1cnc2c(c1NC1C[C@@H]3CC(C(=O)O)C[C@H](C1)C3)C=CC2. The van der Waals surface area contributed by atoms with Crippen LogP contribution >= 0.6 is 0 Å². The summed E-state index contributed by atoms with van der Waals surface area (Å²) in [7, 11) is 0. The summed E-state index contributed by atoms with van der Waals surface area (Å²) in [5, 5.41) is 12.9. The van der Waals surface area contributed by atoms with Gasteiger partial charge in [-0.3, -0.25) is 14.6 Å². The van der Waals surface area contributed by atoms with E-state index in [1.54, 1.807) is 6.20 Å². The molecule has 4 N–H and O–H groups in total. The number of hydrogen-bond donors (Lipinski definition) is 3. The van der Waals surface area contributed by atoms with Crippen LogP contribution in [0.5, 0.6) is 0 Å². The summed E-state index contributed by atoms with van der Waals surface area (Å²) in [4.78, 5) is 27.5. The number of pyridine rings is 1. The average Bonchev–Trinajstić information content (AvgIpc) is 3.03. The Morgan fingerprint density at radius 1 is 1.16 bits per heavy atom. The molecule has 2 saturated carbocycles. The summed E-state index contributed by atoms with van der Waals surface area (Å²) in [5.74, 6) is -0.449. The second-order valence-electron chi connectivity index (χ2n) is 7.66. The van der Waals surface area contributed by atoms with Crippen molar-refractivity contribution in [2.24, 2.45) is 23.5 Å². The van der Waals surface area contributed by atoms with Gasteiger partial charge in [0.05, 0.1) is 22.9 Å². The van der Waals surface area contributed by atoms with Gasteiger partial charge < -0.3 is 16.2 Å². The molecule has 2 unspecified atom stereocenters. The highest BCUT2D eigenvalue weighted by Gasteiger charge is 2.39. The Labute approximate surface area is 146 Å². The molecule has 6 heteroatoms. The molecule has 0 aromatic carbocycles. The third-order valence-electron chi connectivity index (χ3n) is 5.90. The lowest BCUT2D eigenvalue weighted by Gasteiger charge is -2.42. The molecule has 0 spiro atoms. The smallest absolute Gasteiger partial charge is 0.306 e. The zero-order chi connectivity index (χ0) is 17.6. The number of nitrogens with zero attached hydrogens (tertiary/aromatic N) is 1. The number of anilines is 1. The van der Waals surface area contributed by atoms with Crippen molar-refractivity contribution < 1.29 is 14.7 Å². The van der Waals surface area contributed by atoms with Crippen LogP contribution in [0.15, 0.2) is 12.3 Å². The normalized spacial score (nSPS) is 29.9. The number of nitrogens with one attached hydrogen (secondary N) is 1. The number of nitrogens with two attached hydrogens (primary N) is 1. The summed E-state index contributed by atoms with van der Waals surface area (Å²) in [6, 6.07) is 0.247. The first kappa shape index (κ1) is 16.1. The Morgan fingerprint density at radius 3 is 2.52 bits per heavy atom. The van der Waals surface area contributed by atoms with Gasteiger partial charge in [-0.05, 0) is 43.9 Å². The number of carbonyl (C=O) groups is 2. The Balaban J connectivity index is 1.56. The van der Waals surface area contributed by atoms with Gasteiger partial charge in [0, 0.05) is 24.2 Å². The lowest BCUT2D eigenvalue weighted by atomic mass is 9.66. The second kappa shape index (κ2) is 6.17. The van der Waals surface area contributed by atoms with Gasteiger partial charge in [-0.25, -0.2) is 0 Å². The fourth-order valence-corrected chi connectivity index (χ4v) is 4.91. The van der Waals surface area contributed by atoms with Gasteiger partial charge >= 0.3 is 5.97 Å². The molecule has 3 aliphatic rings. The van der Waals surface area contributed by atoms with E-state index in [9.17, 15) is 14.7 Å². The predicted molar refractivity (Wildman–Crippen MR) is 94.1 cm³/mol. The molecule has 4 rings (SSSR count). The number of aromatic nitrogens is 1. The molecule has 3 aliphatic carbocycles. The number of fused-ring (bicyclic) bond motifs is 3. The number of rotatable bonds is 4. The standard InChI is InChI=1S/C19H23N3O3/c20-18(23)15-9-21-16-3-1-2-14(16)17(15)22-13-7-10-4-11(8-13)6-12(5-10)19(24)25/h1-2,9-13H,3-8H2,(H2,20,23)(H,21,22)(H,24,25)/t10-,11+,12?,13?. The van der Waals surface area contributed by atoms with E-state index in [0.29, 0.717) is 17.4 Å². The van der Waals surface area contributed by atoms with Gasteiger partial charge in [0.1, 0.15) is 0 Å².